The highest BCUT2D eigenvalue weighted by Crippen LogP contribution is 2.77. The van der Waals surface area contributed by atoms with E-state index in [1.807, 2.05) is 0 Å². The molecule has 8 nitrogen and oxygen atoms in total. The number of aliphatic carboxylic acids is 1. The molecule has 5 fully saturated rings. The van der Waals surface area contributed by atoms with Crippen molar-refractivity contribution in [1.29, 1.82) is 0 Å². The lowest BCUT2D eigenvalue weighted by atomic mass is 9.32. The normalized spacial score (nSPS) is 41.3. The third-order valence-corrected chi connectivity index (χ3v) is 16.0. The van der Waals surface area contributed by atoms with Gasteiger partial charge in [-0.15, -0.1) is 0 Å². The maximum absolute atomic E-state index is 15.0. The van der Waals surface area contributed by atoms with Crippen molar-refractivity contribution in [3.8, 4) is 0 Å². The molecule has 5 N–H and O–H groups in total. The number of unbranched alkanes of at least 4 members (excludes halogenated alkanes) is 4. The zero-order valence-electron chi connectivity index (χ0n) is 30.7. The van der Waals surface area contributed by atoms with Gasteiger partial charge in [0.05, 0.1) is 18.1 Å². The summed E-state index contributed by atoms with van der Waals surface area (Å²) in [4.78, 5) is 41.6. The predicted octanol–water partition coefficient (Wildman–Crippen LogP) is 6.72. The Morgan fingerprint density at radius 1 is 0.812 bits per heavy atom. The lowest BCUT2D eigenvalue weighted by Crippen LogP contribution is -2.67. The van der Waals surface area contributed by atoms with E-state index in [1.54, 1.807) is 0 Å². The van der Waals surface area contributed by atoms with Gasteiger partial charge in [-0.2, -0.15) is 0 Å². The molecule has 0 saturated heterocycles. The summed E-state index contributed by atoms with van der Waals surface area (Å²) < 4.78 is 0. The number of aliphatic hydroxyl groups excluding tert-OH is 2. The highest BCUT2D eigenvalue weighted by atomic mass is 16.4. The molecule has 272 valence electrons. The Hall–Kier alpha value is -1.77. The van der Waals surface area contributed by atoms with Crippen molar-refractivity contribution < 1.29 is 29.7 Å². The molecule has 0 heterocycles. The second kappa shape index (κ2) is 13.7. The van der Waals surface area contributed by atoms with Crippen molar-refractivity contribution in [2.45, 2.75) is 143 Å². The van der Waals surface area contributed by atoms with Crippen LogP contribution < -0.4 is 5.73 Å². The molecule has 2 amide bonds. The molecule has 0 bridgehead atoms. The summed E-state index contributed by atoms with van der Waals surface area (Å²) in [5, 5.41) is 31.1. The van der Waals surface area contributed by atoms with Gasteiger partial charge >= 0.3 is 5.97 Å². The average molecular weight is 671 g/mol. The van der Waals surface area contributed by atoms with Crippen LogP contribution in [0.1, 0.15) is 137 Å². The molecule has 0 aromatic rings. The highest BCUT2D eigenvalue weighted by molar-refractivity contribution is 6.04. The first-order valence-corrected chi connectivity index (χ1v) is 19.3. The van der Waals surface area contributed by atoms with Gasteiger partial charge in [0.2, 0.25) is 11.8 Å². The predicted molar refractivity (Wildman–Crippen MR) is 187 cm³/mol. The first-order valence-electron chi connectivity index (χ1n) is 19.3. The molecular formula is C40H66N2O6. The molecule has 0 aromatic heterocycles. The number of hydrogen-bond donors (Lipinski definition) is 4. The van der Waals surface area contributed by atoms with E-state index in [9.17, 15) is 24.9 Å². The molecule has 0 aliphatic heterocycles. The summed E-state index contributed by atoms with van der Waals surface area (Å²) in [5.74, 6) is -0.818. The summed E-state index contributed by atoms with van der Waals surface area (Å²) in [7, 11) is 0. The van der Waals surface area contributed by atoms with Gasteiger partial charge in [-0.3, -0.25) is 19.3 Å². The Bertz CT molecular complexity index is 1250. The lowest BCUT2D eigenvalue weighted by molar-refractivity contribution is -0.247. The fraction of sp³-hybridized carbons (Fsp3) is 0.875. The smallest absolute Gasteiger partial charge is 0.312 e. The monoisotopic (exact) mass is 670 g/mol. The van der Waals surface area contributed by atoms with Crippen molar-refractivity contribution in [2.24, 2.45) is 62.4 Å². The van der Waals surface area contributed by atoms with Gasteiger partial charge in [-0.1, -0.05) is 60.5 Å². The van der Waals surface area contributed by atoms with Gasteiger partial charge in [-0.25, -0.2) is 0 Å². The van der Waals surface area contributed by atoms with Crippen LogP contribution in [0.5, 0.6) is 0 Å². The van der Waals surface area contributed by atoms with Crippen LogP contribution in [-0.2, 0) is 14.4 Å². The van der Waals surface area contributed by atoms with E-state index in [-0.39, 0.29) is 64.6 Å². The lowest BCUT2D eigenvalue weighted by Gasteiger charge is -2.72. The number of imide groups is 1. The quantitative estimate of drug-likeness (QED) is 0.103. The Balaban J connectivity index is 1.49. The van der Waals surface area contributed by atoms with Gasteiger partial charge in [0, 0.05) is 6.54 Å². The molecule has 5 aliphatic rings. The number of carboxylic acid groups (broad SMARTS) is 1. The SMILES string of the molecule is C=C(CO)[C@@H]1CC[C@]2(C(=O)N(CCCCCCCN)C(=O)CC(=O)O)CC[C@]3(C)[C@H](CCC4[C@@]5(C)CC[C@H](O)C(C)(C)[C@@H]5CC[C@]43C)[C@@H]12. The number of carbonyl (C=O) groups excluding carboxylic acids is 2. The summed E-state index contributed by atoms with van der Waals surface area (Å²) >= 11 is 0. The Morgan fingerprint density at radius 2 is 1.50 bits per heavy atom. The number of amides is 2. The number of nitrogens with zero attached hydrogens (tertiary/aromatic N) is 1. The Labute approximate surface area is 289 Å². The Morgan fingerprint density at radius 3 is 2.17 bits per heavy atom. The molecule has 1 unspecified atom stereocenters. The highest BCUT2D eigenvalue weighted by Gasteiger charge is 2.72. The summed E-state index contributed by atoms with van der Waals surface area (Å²) in [6.07, 6.45) is 12.6. The minimum Gasteiger partial charge on any atom is -0.481 e. The Kier molecular flexibility index (Phi) is 10.7. The number of rotatable bonds is 12. The maximum Gasteiger partial charge on any atom is 0.312 e. The number of aliphatic hydroxyl groups is 2. The molecule has 0 radical (unpaired) electrons. The van der Waals surface area contributed by atoms with E-state index in [0.717, 1.165) is 82.6 Å². The van der Waals surface area contributed by atoms with Crippen molar-refractivity contribution >= 4 is 17.8 Å². The molecule has 0 aromatic carbocycles. The van der Waals surface area contributed by atoms with Crippen molar-refractivity contribution in [3.05, 3.63) is 12.2 Å². The first-order chi connectivity index (χ1) is 22.5. The molecule has 5 rings (SSSR count). The summed E-state index contributed by atoms with van der Waals surface area (Å²) in [6, 6.07) is 0. The fourth-order valence-electron chi connectivity index (χ4n) is 13.3. The van der Waals surface area contributed by atoms with Crippen LogP contribution in [0.15, 0.2) is 12.2 Å². The molecule has 0 spiro atoms. The van der Waals surface area contributed by atoms with E-state index in [1.165, 1.54) is 4.90 Å². The van der Waals surface area contributed by atoms with E-state index >= 15 is 4.79 Å². The number of carbonyl (C=O) groups is 3. The molecular weight excluding hydrogens is 604 g/mol. The number of nitrogens with two attached hydrogens (primary N) is 1. The van der Waals surface area contributed by atoms with Crippen LogP contribution in [-0.4, -0.2) is 63.8 Å². The van der Waals surface area contributed by atoms with Gasteiger partial charge < -0.3 is 21.1 Å². The number of hydrogen-bond acceptors (Lipinski definition) is 6. The van der Waals surface area contributed by atoms with Gasteiger partial charge in [0.1, 0.15) is 6.42 Å². The van der Waals surface area contributed by atoms with Crippen LogP contribution in [0, 0.1) is 56.7 Å². The van der Waals surface area contributed by atoms with E-state index < -0.39 is 23.7 Å². The van der Waals surface area contributed by atoms with Gasteiger partial charge in [0.25, 0.3) is 0 Å². The van der Waals surface area contributed by atoms with Crippen molar-refractivity contribution in [1.82, 2.24) is 4.90 Å². The summed E-state index contributed by atoms with van der Waals surface area (Å²) in [6.45, 7) is 17.2. The van der Waals surface area contributed by atoms with Crippen LogP contribution in [0.25, 0.3) is 0 Å². The third-order valence-electron chi connectivity index (χ3n) is 16.0. The standard InChI is InChI=1S/C40H66N2O6/c1-26(25-43)27-14-19-40(35(48)42(32(45)24-33(46)47)23-11-9-7-8-10-22-41)21-20-38(5)28(34(27)40)12-13-30-37(4)17-16-31(44)36(2,3)29(37)15-18-39(30,38)6/h27-31,34,43-44H,1,7-25,41H2,2-6H3,(H,46,47)/t27-,28+,29-,30?,31-,34+,37-,38+,39+,40-/m0/s1. The molecule has 5 aliphatic carbocycles. The van der Waals surface area contributed by atoms with Crippen molar-refractivity contribution in [3.63, 3.8) is 0 Å². The molecule has 48 heavy (non-hydrogen) atoms. The largest absolute Gasteiger partial charge is 0.481 e. The zero-order chi connectivity index (χ0) is 35.3. The van der Waals surface area contributed by atoms with E-state index in [0.29, 0.717) is 37.6 Å². The first kappa shape index (κ1) is 37.5. The fourth-order valence-corrected chi connectivity index (χ4v) is 13.3. The van der Waals surface area contributed by atoms with Crippen LogP contribution in [0.2, 0.25) is 0 Å². The molecule has 10 atom stereocenters. The number of carboxylic acids is 1. The van der Waals surface area contributed by atoms with Gasteiger partial charge in [0.15, 0.2) is 0 Å². The maximum atomic E-state index is 15.0. The number of fused-ring (bicyclic) bond motifs is 7. The van der Waals surface area contributed by atoms with Gasteiger partial charge in [-0.05, 0) is 140 Å². The van der Waals surface area contributed by atoms with Crippen LogP contribution >= 0.6 is 0 Å². The van der Waals surface area contributed by atoms with Crippen LogP contribution in [0.4, 0.5) is 0 Å². The summed E-state index contributed by atoms with van der Waals surface area (Å²) in [5.41, 5.74) is 5.73. The second-order valence-electron chi connectivity index (χ2n) is 18.2. The average Bonchev–Trinajstić information content (AvgIpc) is 3.43. The minimum atomic E-state index is -1.21. The van der Waals surface area contributed by atoms with E-state index in [2.05, 4.69) is 41.2 Å². The van der Waals surface area contributed by atoms with Crippen LogP contribution in [0.3, 0.4) is 0 Å². The van der Waals surface area contributed by atoms with Crippen molar-refractivity contribution in [2.75, 3.05) is 19.7 Å². The third kappa shape index (κ3) is 5.81. The minimum absolute atomic E-state index is 0.00731. The molecule has 5 saturated carbocycles. The second-order valence-corrected chi connectivity index (χ2v) is 18.2. The topological polar surface area (TPSA) is 141 Å². The molecule has 8 heteroatoms. The zero-order valence-corrected chi connectivity index (χ0v) is 30.7. The van der Waals surface area contributed by atoms with E-state index in [4.69, 9.17) is 5.73 Å².